The van der Waals surface area contributed by atoms with Crippen LogP contribution in [0, 0.1) is 12.7 Å². The van der Waals surface area contributed by atoms with Crippen molar-refractivity contribution in [3.05, 3.63) is 59.8 Å². The number of hydrogen-bond donors (Lipinski definition) is 1. The van der Waals surface area contributed by atoms with Crippen molar-refractivity contribution in [2.45, 2.75) is 32.5 Å². The number of aromatic nitrogens is 5. The fourth-order valence-electron chi connectivity index (χ4n) is 3.36. The van der Waals surface area contributed by atoms with Crippen molar-refractivity contribution >= 4 is 17.6 Å². The number of nitrogens with zero attached hydrogens (tertiary/aromatic N) is 6. The normalized spacial score (nSPS) is 16.4. The van der Waals surface area contributed by atoms with E-state index in [1.807, 2.05) is 11.5 Å². The van der Waals surface area contributed by atoms with E-state index in [0.717, 1.165) is 5.82 Å². The standard InChI is InChI=1S/C19H20FN7O2/c1-12-21-9-16-25(2)19(29)15(7-8-27(12)16)23-18(28)17-22-11-26(24-17)10-13-5-3-4-6-14(13)20/h3-6,9,11,15H,7-8,10H2,1-2H3,(H,23,28). The molecule has 150 valence electrons. The van der Waals surface area contributed by atoms with Crippen molar-refractivity contribution in [3.63, 3.8) is 0 Å². The summed E-state index contributed by atoms with van der Waals surface area (Å²) in [6.45, 7) is 2.57. The minimum absolute atomic E-state index is 0.0708. The second kappa shape index (κ2) is 7.46. The van der Waals surface area contributed by atoms with Crippen LogP contribution in [0.15, 0.2) is 36.8 Å². The van der Waals surface area contributed by atoms with Crippen LogP contribution in [0.1, 0.15) is 28.4 Å². The molecule has 29 heavy (non-hydrogen) atoms. The average Bonchev–Trinajstić information content (AvgIpc) is 3.30. The van der Waals surface area contributed by atoms with E-state index >= 15 is 0 Å². The molecule has 4 rings (SSSR count). The molecule has 3 aromatic rings. The molecule has 0 fully saturated rings. The summed E-state index contributed by atoms with van der Waals surface area (Å²) in [5.74, 6) is 0.290. The minimum Gasteiger partial charge on any atom is -0.337 e. The number of aryl methyl sites for hydroxylation is 1. The third-order valence-corrected chi connectivity index (χ3v) is 4.98. The maximum atomic E-state index is 13.8. The number of anilines is 1. The molecule has 1 aliphatic rings. The summed E-state index contributed by atoms with van der Waals surface area (Å²) in [7, 11) is 1.65. The second-order valence-corrected chi connectivity index (χ2v) is 6.88. The van der Waals surface area contributed by atoms with Gasteiger partial charge in [0, 0.05) is 19.2 Å². The Kier molecular flexibility index (Phi) is 4.83. The van der Waals surface area contributed by atoms with Gasteiger partial charge in [0.2, 0.25) is 5.82 Å². The predicted molar refractivity (Wildman–Crippen MR) is 102 cm³/mol. The number of rotatable bonds is 4. The summed E-state index contributed by atoms with van der Waals surface area (Å²) in [4.78, 5) is 35.0. The molecule has 0 spiro atoms. The van der Waals surface area contributed by atoms with Crippen molar-refractivity contribution < 1.29 is 14.0 Å². The van der Waals surface area contributed by atoms with Crippen LogP contribution in [-0.2, 0) is 17.9 Å². The molecular formula is C19H20FN7O2. The quantitative estimate of drug-likeness (QED) is 0.712. The fraction of sp³-hybridized carbons (Fsp3) is 0.316. The summed E-state index contributed by atoms with van der Waals surface area (Å²) < 4.78 is 17.1. The Morgan fingerprint density at radius 3 is 2.90 bits per heavy atom. The van der Waals surface area contributed by atoms with Crippen molar-refractivity contribution in [1.29, 1.82) is 0 Å². The van der Waals surface area contributed by atoms with Crippen molar-refractivity contribution in [3.8, 4) is 0 Å². The van der Waals surface area contributed by atoms with Gasteiger partial charge in [-0.25, -0.2) is 19.0 Å². The van der Waals surface area contributed by atoms with Crippen LogP contribution < -0.4 is 10.2 Å². The molecule has 1 unspecified atom stereocenters. The maximum Gasteiger partial charge on any atom is 0.291 e. The largest absolute Gasteiger partial charge is 0.337 e. The molecular weight excluding hydrogens is 377 g/mol. The van der Waals surface area contributed by atoms with E-state index in [1.165, 1.54) is 22.0 Å². The molecule has 0 saturated heterocycles. The molecule has 0 bridgehead atoms. The van der Waals surface area contributed by atoms with E-state index in [4.69, 9.17) is 0 Å². The highest BCUT2D eigenvalue weighted by Crippen LogP contribution is 2.21. The van der Waals surface area contributed by atoms with Gasteiger partial charge in [0.15, 0.2) is 0 Å². The number of likely N-dealkylation sites (N-methyl/N-ethyl adjacent to an activating group) is 1. The molecule has 0 radical (unpaired) electrons. The second-order valence-electron chi connectivity index (χ2n) is 6.88. The molecule has 1 atom stereocenters. The first-order chi connectivity index (χ1) is 13.9. The predicted octanol–water partition coefficient (Wildman–Crippen LogP) is 1.14. The number of nitrogens with one attached hydrogen (secondary N) is 1. The molecule has 0 saturated carbocycles. The summed E-state index contributed by atoms with van der Waals surface area (Å²) in [6, 6.07) is 5.63. The van der Waals surface area contributed by atoms with Crippen molar-refractivity contribution in [2.24, 2.45) is 0 Å². The highest BCUT2D eigenvalue weighted by molar-refractivity contribution is 6.00. The van der Waals surface area contributed by atoms with Crippen molar-refractivity contribution in [1.82, 2.24) is 29.6 Å². The van der Waals surface area contributed by atoms with Crippen LogP contribution in [0.3, 0.4) is 0 Å². The number of halogens is 1. The number of amides is 2. The first-order valence-electron chi connectivity index (χ1n) is 9.17. The molecule has 10 heteroatoms. The number of carbonyl (C=O) groups is 2. The summed E-state index contributed by atoms with van der Waals surface area (Å²) >= 11 is 0. The third kappa shape index (κ3) is 3.60. The molecule has 2 aromatic heterocycles. The lowest BCUT2D eigenvalue weighted by Crippen LogP contribution is -2.47. The Bertz CT molecular complexity index is 1070. The highest BCUT2D eigenvalue weighted by Gasteiger charge is 2.31. The van der Waals surface area contributed by atoms with E-state index < -0.39 is 11.9 Å². The Morgan fingerprint density at radius 2 is 2.10 bits per heavy atom. The maximum absolute atomic E-state index is 13.8. The zero-order valence-corrected chi connectivity index (χ0v) is 16.0. The summed E-state index contributed by atoms with van der Waals surface area (Å²) in [5, 5.41) is 6.82. The van der Waals surface area contributed by atoms with E-state index in [0.29, 0.717) is 24.3 Å². The molecule has 1 aliphatic heterocycles. The SMILES string of the molecule is Cc1ncc2n1CCC(NC(=O)c1ncn(Cc3ccccc3F)n1)C(=O)N2C. The van der Waals surface area contributed by atoms with Crippen molar-refractivity contribution in [2.75, 3.05) is 11.9 Å². The summed E-state index contributed by atoms with van der Waals surface area (Å²) in [6.07, 6.45) is 3.43. The number of benzene rings is 1. The Labute approximate surface area is 166 Å². The average molecular weight is 397 g/mol. The van der Waals surface area contributed by atoms with Crippen LogP contribution >= 0.6 is 0 Å². The number of fused-ring (bicyclic) bond motifs is 1. The molecule has 2 amide bonds. The monoisotopic (exact) mass is 397 g/mol. The van der Waals surface area contributed by atoms with E-state index in [2.05, 4.69) is 20.4 Å². The van der Waals surface area contributed by atoms with Gasteiger partial charge in [-0.3, -0.25) is 14.5 Å². The lowest BCUT2D eigenvalue weighted by Gasteiger charge is -2.19. The number of imidazole rings is 1. The van der Waals surface area contributed by atoms with Gasteiger partial charge in [0.05, 0.1) is 12.7 Å². The number of hydrogen-bond acceptors (Lipinski definition) is 5. The smallest absolute Gasteiger partial charge is 0.291 e. The van der Waals surface area contributed by atoms with E-state index in [1.54, 1.807) is 31.4 Å². The van der Waals surface area contributed by atoms with Crippen LogP contribution in [0.25, 0.3) is 0 Å². The zero-order chi connectivity index (χ0) is 20.5. The Balaban J connectivity index is 1.45. The molecule has 0 aliphatic carbocycles. The Morgan fingerprint density at radius 1 is 1.31 bits per heavy atom. The molecule has 1 aromatic carbocycles. The fourth-order valence-corrected chi connectivity index (χ4v) is 3.36. The third-order valence-electron chi connectivity index (χ3n) is 4.98. The topological polar surface area (TPSA) is 97.9 Å². The highest BCUT2D eigenvalue weighted by atomic mass is 19.1. The van der Waals surface area contributed by atoms with Crippen LogP contribution in [0.2, 0.25) is 0 Å². The van der Waals surface area contributed by atoms with E-state index in [-0.39, 0.29) is 24.1 Å². The van der Waals surface area contributed by atoms with Gasteiger partial charge in [0.1, 0.15) is 29.8 Å². The molecule has 3 heterocycles. The first kappa shape index (κ1) is 18.8. The van der Waals surface area contributed by atoms with Crippen LogP contribution in [0.4, 0.5) is 10.2 Å². The first-order valence-corrected chi connectivity index (χ1v) is 9.17. The van der Waals surface area contributed by atoms with Gasteiger partial charge in [-0.2, -0.15) is 0 Å². The van der Waals surface area contributed by atoms with Gasteiger partial charge < -0.3 is 9.88 Å². The summed E-state index contributed by atoms with van der Waals surface area (Å²) in [5.41, 5.74) is 0.441. The zero-order valence-electron chi connectivity index (χ0n) is 16.0. The molecule has 1 N–H and O–H groups in total. The van der Waals surface area contributed by atoms with E-state index in [9.17, 15) is 14.0 Å². The lowest BCUT2D eigenvalue weighted by atomic mass is 10.2. The number of carbonyl (C=O) groups excluding carboxylic acids is 2. The van der Waals surface area contributed by atoms with Gasteiger partial charge in [-0.15, -0.1) is 5.10 Å². The van der Waals surface area contributed by atoms with Crippen LogP contribution in [0.5, 0.6) is 0 Å². The van der Waals surface area contributed by atoms with Gasteiger partial charge in [-0.1, -0.05) is 18.2 Å². The lowest BCUT2D eigenvalue weighted by molar-refractivity contribution is -0.120. The van der Waals surface area contributed by atoms with Gasteiger partial charge >= 0.3 is 0 Å². The van der Waals surface area contributed by atoms with Gasteiger partial charge in [0.25, 0.3) is 11.8 Å². The molecule has 9 nitrogen and oxygen atoms in total. The van der Waals surface area contributed by atoms with Crippen LogP contribution in [-0.4, -0.2) is 49.2 Å². The Hall–Kier alpha value is -3.56. The minimum atomic E-state index is -0.703. The van der Waals surface area contributed by atoms with Gasteiger partial charge in [-0.05, 0) is 19.4 Å².